The average molecular weight is 914 g/mol. The number of rotatable bonds is 12. The van der Waals surface area contributed by atoms with Crippen molar-refractivity contribution in [2.24, 2.45) is 62.6 Å². The summed E-state index contributed by atoms with van der Waals surface area (Å²) in [6.45, 7) is 28.2. The molecule has 2 amide bonds. The first-order valence-electron chi connectivity index (χ1n) is 25.2. The van der Waals surface area contributed by atoms with Gasteiger partial charge in [-0.15, -0.1) is 0 Å². The summed E-state index contributed by atoms with van der Waals surface area (Å²) in [5, 5.41) is 16.2. The summed E-state index contributed by atoms with van der Waals surface area (Å²) in [5.41, 5.74) is -0.651. The molecule has 0 bridgehead atoms. The molecule has 1 aromatic rings. The van der Waals surface area contributed by atoms with Crippen LogP contribution in [0.1, 0.15) is 151 Å². The monoisotopic (exact) mass is 914 g/mol. The third-order valence-corrected chi connectivity index (χ3v) is 19.7. The van der Waals surface area contributed by atoms with Crippen molar-refractivity contribution in [1.29, 1.82) is 0 Å². The number of allylic oxidation sites excluding steroid dienone is 1. The van der Waals surface area contributed by atoms with Gasteiger partial charge < -0.3 is 30.0 Å². The van der Waals surface area contributed by atoms with Gasteiger partial charge >= 0.3 is 11.9 Å². The number of ketones is 1. The zero-order valence-corrected chi connectivity index (χ0v) is 41.8. The normalized spacial score (nSPS) is 37.1. The Balaban J connectivity index is 0.968. The Kier molecular flexibility index (Phi) is 12.6. The second kappa shape index (κ2) is 17.0. The zero-order chi connectivity index (χ0) is 48.0. The number of esters is 1. The summed E-state index contributed by atoms with van der Waals surface area (Å²) in [6.07, 6.45) is 7.61. The van der Waals surface area contributed by atoms with Crippen LogP contribution < -0.4 is 15.4 Å². The van der Waals surface area contributed by atoms with Crippen molar-refractivity contribution < 1.29 is 43.3 Å². The summed E-state index contributed by atoms with van der Waals surface area (Å²) in [7, 11) is 0. The highest BCUT2D eigenvalue weighted by Gasteiger charge is 2.71. The lowest BCUT2D eigenvalue weighted by Crippen LogP contribution is -2.68. The number of carboxylic acid groups (broad SMARTS) is 1. The molecule has 1 saturated heterocycles. The lowest BCUT2D eigenvalue weighted by molar-refractivity contribution is -0.235. The van der Waals surface area contributed by atoms with Crippen molar-refractivity contribution >= 4 is 29.5 Å². The molecule has 364 valence electrons. The van der Waals surface area contributed by atoms with Crippen LogP contribution in [0.4, 0.5) is 0 Å². The molecule has 7 aliphatic rings. The SMILES string of the molecule is CC(C)C1=C2[C@H]3CC[C@@H]4[C@@]5(C)CC[C@H](OC(=O)[C@H]6C[C@@H](C(=O)O)C6(C)C)C(C)(C)[C@@H]5CC[C@@]4(C)[C@]3(C)CC[C@@]2(NC(=O)C(C)(C)NC(=O)c2ccc(OCCN3CCOCC3)cc2)CC1=O. The first kappa shape index (κ1) is 48.7. The Hall–Kier alpha value is -3.77. The van der Waals surface area contributed by atoms with Crippen molar-refractivity contribution in [3.8, 4) is 5.75 Å². The van der Waals surface area contributed by atoms with Gasteiger partial charge in [-0.25, -0.2) is 0 Å². The van der Waals surface area contributed by atoms with Crippen LogP contribution in [0, 0.1) is 62.6 Å². The van der Waals surface area contributed by atoms with Gasteiger partial charge in [0.05, 0.1) is 30.6 Å². The van der Waals surface area contributed by atoms with Gasteiger partial charge in [0, 0.05) is 37.0 Å². The van der Waals surface area contributed by atoms with E-state index < -0.39 is 34.3 Å². The Morgan fingerprint density at radius 2 is 1.53 bits per heavy atom. The maximum absolute atomic E-state index is 14.6. The number of hydrogen-bond acceptors (Lipinski definition) is 9. The quantitative estimate of drug-likeness (QED) is 0.174. The zero-order valence-electron chi connectivity index (χ0n) is 41.8. The van der Waals surface area contributed by atoms with E-state index in [-0.39, 0.29) is 69.6 Å². The van der Waals surface area contributed by atoms with E-state index in [1.54, 1.807) is 38.1 Å². The largest absolute Gasteiger partial charge is 0.492 e. The number of aliphatic carboxylic acids is 1. The molecule has 6 fully saturated rings. The number of hydrogen-bond donors (Lipinski definition) is 3. The van der Waals surface area contributed by atoms with Gasteiger partial charge in [0.15, 0.2) is 5.78 Å². The predicted octanol–water partition coefficient (Wildman–Crippen LogP) is 8.41. The number of fused-ring (bicyclic) bond motifs is 7. The lowest BCUT2D eigenvalue weighted by atomic mass is 9.33. The summed E-state index contributed by atoms with van der Waals surface area (Å²) >= 11 is 0. The maximum Gasteiger partial charge on any atom is 0.309 e. The van der Waals surface area contributed by atoms with E-state index in [9.17, 15) is 29.1 Å². The van der Waals surface area contributed by atoms with Gasteiger partial charge in [0.25, 0.3) is 5.91 Å². The second-order valence-electron chi connectivity index (χ2n) is 24.4. The fourth-order valence-corrected chi connectivity index (χ4v) is 15.5. The molecule has 0 aromatic heterocycles. The molecule has 1 aromatic carbocycles. The molecule has 12 heteroatoms. The first-order valence-corrected chi connectivity index (χ1v) is 25.2. The first-order chi connectivity index (χ1) is 30.8. The molecular weight excluding hydrogens is 835 g/mol. The van der Waals surface area contributed by atoms with Gasteiger partial charge in [0.1, 0.15) is 24.0 Å². The number of benzene rings is 1. The number of Topliss-reactive ketones (excluding diaryl/α,β-unsaturated/α-hetero) is 1. The van der Waals surface area contributed by atoms with E-state index in [0.29, 0.717) is 42.6 Å². The molecule has 0 radical (unpaired) electrons. The molecule has 12 nitrogen and oxygen atoms in total. The fraction of sp³-hybridized carbons (Fsp3) is 0.759. The third-order valence-electron chi connectivity index (χ3n) is 19.7. The Morgan fingerprint density at radius 3 is 2.17 bits per heavy atom. The molecule has 10 atom stereocenters. The Bertz CT molecular complexity index is 2140. The Labute approximate surface area is 393 Å². The fourth-order valence-electron chi connectivity index (χ4n) is 15.5. The smallest absolute Gasteiger partial charge is 0.309 e. The van der Waals surface area contributed by atoms with Crippen LogP contribution in [0.3, 0.4) is 0 Å². The summed E-state index contributed by atoms with van der Waals surface area (Å²) in [6, 6.07) is 7.02. The van der Waals surface area contributed by atoms with E-state index in [4.69, 9.17) is 14.2 Å². The van der Waals surface area contributed by atoms with Crippen molar-refractivity contribution in [2.75, 3.05) is 39.5 Å². The minimum Gasteiger partial charge on any atom is -0.492 e. The summed E-state index contributed by atoms with van der Waals surface area (Å²) < 4.78 is 17.8. The number of carbonyl (C=O) groups excluding carboxylic acids is 4. The maximum atomic E-state index is 14.6. The van der Waals surface area contributed by atoms with Crippen LogP contribution in [0.5, 0.6) is 5.75 Å². The number of nitrogens with one attached hydrogen (secondary N) is 2. The minimum absolute atomic E-state index is 0.00533. The van der Waals surface area contributed by atoms with E-state index in [1.807, 2.05) is 13.8 Å². The highest BCUT2D eigenvalue weighted by atomic mass is 16.5. The number of ether oxygens (including phenoxy) is 3. The molecule has 66 heavy (non-hydrogen) atoms. The van der Waals surface area contributed by atoms with E-state index in [1.165, 1.54) is 0 Å². The molecule has 5 saturated carbocycles. The van der Waals surface area contributed by atoms with E-state index in [0.717, 1.165) is 88.9 Å². The second-order valence-corrected chi connectivity index (χ2v) is 24.4. The molecule has 0 unspecified atom stereocenters. The van der Waals surface area contributed by atoms with Gasteiger partial charge in [-0.05, 0) is 152 Å². The topological polar surface area (TPSA) is 161 Å². The van der Waals surface area contributed by atoms with Crippen LogP contribution in [-0.4, -0.2) is 96.2 Å². The molecule has 6 aliphatic carbocycles. The third kappa shape index (κ3) is 7.83. The van der Waals surface area contributed by atoms with Gasteiger partial charge in [-0.3, -0.25) is 28.9 Å². The van der Waals surface area contributed by atoms with Gasteiger partial charge in [0.2, 0.25) is 5.91 Å². The summed E-state index contributed by atoms with van der Waals surface area (Å²) in [5.74, 6) is -0.995. The standard InChI is InChI=1S/C54H79N3O9/c1-32(2)42-38(58)31-54(56-47(63)50(7,8)55-44(59)33-12-14-34(15-13-33)65-29-26-57-24-27-64-28-25-57)23-22-52(10)35(43(42)54)16-17-40-51(9)20-19-41(49(5,6)39(51)18-21-53(40,52)11)66-46(62)37-30-36(45(60)61)48(37,3)4/h12-15,32,35-37,39-41H,16-31H2,1-11H3,(H,55,59)(H,56,63)(H,60,61)/t35-,36+,37-,39+,40-,41+,51+,52-,53-,54-/m1/s1. The summed E-state index contributed by atoms with van der Waals surface area (Å²) in [4.78, 5) is 70.4. The molecule has 1 heterocycles. The highest BCUT2D eigenvalue weighted by Crippen LogP contribution is 2.76. The predicted molar refractivity (Wildman–Crippen MR) is 252 cm³/mol. The Morgan fingerprint density at radius 1 is 0.848 bits per heavy atom. The van der Waals surface area contributed by atoms with Crippen LogP contribution in [-0.2, 0) is 28.7 Å². The van der Waals surface area contributed by atoms with Crippen LogP contribution in [0.25, 0.3) is 0 Å². The van der Waals surface area contributed by atoms with Gasteiger partial charge in [-0.1, -0.05) is 62.3 Å². The minimum atomic E-state index is -1.26. The molecule has 8 rings (SSSR count). The highest BCUT2D eigenvalue weighted by molar-refractivity contribution is 6.03. The molecule has 1 aliphatic heterocycles. The van der Waals surface area contributed by atoms with Crippen molar-refractivity contribution in [1.82, 2.24) is 15.5 Å². The van der Waals surface area contributed by atoms with Crippen LogP contribution in [0.15, 0.2) is 35.4 Å². The van der Waals surface area contributed by atoms with E-state index in [2.05, 4.69) is 64.0 Å². The lowest BCUT2D eigenvalue weighted by Gasteiger charge is -2.72. The number of carboxylic acids is 1. The number of morpholine rings is 1. The van der Waals surface area contributed by atoms with Gasteiger partial charge in [-0.2, -0.15) is 0 Å². The van der Waals surface area contributed by atoms with Crippen molar-refractivity contribution in [2.45, 2.75) is 158 Å². The van der Waals surface area contributed by atoms with E-state index >= 15 is 0 Å². The van der Waals surface area contributed by atoms with Crippen molar-refractivity contribution in [3.05, 3.63) is 41.0 Å². The van der Waals surface area contributed by atoms with Crippen LogP contribution >= 0.6 is 0 Å². The molecular formula is C54H79N3O9. The van der Waals surface area contributed by atoms with Crippen molar-refractivity contribution in [3.63, 3.8) is 0 Å². The van der Waals surface area contributed by atoms with Crippen LogP contribution in [0.2, 0.25) is 0 Å². The molecule has 0 spiro atoms. The number of nitrogens with zero attached hydrogens (tertiary/aromatic N) is 1. The molecule has 3 N–H and O–H groups in total. The number of amides is 2. The number of carbonyl (C=O) groups is 5. The average Bonchev–Trinajstić information content (AvgIpc) is 3.53.